The maximum atomic E-state index is 13.2. The minimum Gasteiger partial charge on any atom is -0.467 e. The summed E-state index contributed by atoms with van der Waals surface area (Å²) >= 11 is 0. The van der Waals surface area contributed by atoms with Gasteiger partial charge in [-0.05, 0) is 48.9 Å². The number of benzene rings is 2. The molecule has 3 heterocycles. The number of carbonyl (C=O) groups is 1. The second-order valence-corrected chi connectivity index (χ2v) is 8.23. The Labute approximate surface area is 201 Å². The molecule has 184 valence electrons. The molecule has 1 amide bonds. The Bertz CT molecular complexity index is 1600. The molecule has 0 saturated carbocycles. The summed E-state index contributed by atoms with van der Waals surface area (Å²) in [6, 6.07) is 13.6. The number of carbonyl (C=O) groups excluding carboxylic acids is 1. The lowest BCUT2D eigenvalue weighted by atomic mass is 10.2. The van der Waals surface area contributed by atoms with E-state index in [0.29, 0.717) is 40.8 Å². The van der Waals surface area contributed by atoms with Crippen molar-refractivity contribution in [2.24, 2.45) is 0 Å². The zero-order valence-corrected chi connectivity index (χ0v) is 18.8. The van der Waals surface area contributed by atoms with Crippen LogP contribution >= 0.6 is 0 Å². The van der Waals surface area contributed by atoms with Gasteiger partial charge < -0.3 is 14.0 Å². The monoisotopic (exact) mass is 495 g/mol. The van der Waals surface area contributed by atoms with Gasteiger partial charge in [0.25, 0.3) is 5.56 Å². The number of halogens is 3. The number of furan rings is 1. The van der Waals surface area contributed by atoms with Crippen LogP contribution in [0, 0.1) is 0 Å². The third-order valence-electron chi connectivity index (χ3n) is 5.70. The van der Waals surface area contributed by atoms with Gasteiger partial charge in [0.2, 0.25) is 11.9 Å². The van der Waals surface area contributed by atoms with Gasteiger partial charge in [0.1, 0.15) is 11.6 Å². The van der Waals surface area contributed by atoms with Crippen LogP contribution in [-0.2, 0) is 23.9 Å². The van der Waals surface area contributed by atoms with Crippen LogP contribution < -0.4 is 10.9 Å². The molecule has 8 nitrogen and oxygen atoms in total. The van der Waals surface area contributed by atoms with E-state index in [-0.39, 0.29) is 35.9 Å². The van der Waals surface area contributed by atoms with E-state index in [2.05, 4.69) is 20.3 Å². The first-order chi connectivity index (χ1) is 17.3. The highest BCUT2D eigenvalue weighted by Crippen LogP contribution is 2.32. The number of anilines is 1. The lowest BCUT2D eigenvalue weighted by Gasteiger charge is -2.09. The highest BCUT2D eigenvalue weighted by atomic mass is 19.4. The second kappa shape index (κ2) is 9.33. The Hall–Kier alpha value is -4.41. The molecule has 0 aliphatic rings. The summed E-state index contributed by atoms with van der Waals surface area (Å²) in [4.78, 5) is 36.3. The van der Waals surface area contributed by atoms with E-state index in [1.54, 1.807) is 41.0 Å². The summed E-state index contributed by atoms with van der Waals surface area (Å²) in [5.74, 6) is 0.764. The molecule has 0 radical (unpaired) electrons. The number of fused-ring (bicyclic) bond motifs is 2. The Morgan fingerprint density at radius 2 is 1.89 bits per heavy atom. The number of imidazole rings is 1. The molecule has 36 heavy (non-hydrogen) atoms. The van der Waals surface area contributed by atoms with Crippen molar-refractivity contribution >= 4 is 33.8 Å². The molecular formula is C25H20F3N5O3. The number of hydrogen-bond donors (Lipinski definition) is 2. The van der Waals surface area contributed by atoms with Crippen molar-refractivity contribution in [2.45, 2.75) is 32.0 Å². The van der Waals surface area contributed by atoms with E-state index < -0.39 is 11.7 Å². The number of rotatable bonds is 7. The molecule has 11 heteroatoms. The SMILES string of the molecule is O=C(CCCc1nc2ccccc2c(=O)[nH]1)Nc1nc2cc(C(F)(F)F)ccc2n1Cc1ccco1. The maximum Gasteiger partial charge on any atom is 0.416 e. The highest BCUT2D eigenvalue weighted by Gasteiger charge is 2.31. The van der Waals surface area contributed by atoms with Gasteiger partial charge >= 0.3 is 6.18 Å². The fraction of sp³-hybridized carbons (Fsp3) is 0.200. The molecule has 0 aliphatic heterocycles. The smallest absolute Gasteiger partial charge is 0.416 e. The van der Waals surface area contributed by atoms with E-state index in [1.165, 1.54) is 12.3 Å². The molecule has 2 N–H and O–H groups in total. The average Bonchev–Trinajstić information content (AvgIpc) is 3.46. The van der Waals surface area contributed by atoms with Crippen LogP contribution in [0.4, 0.5) is 19.1 Å². The minimum absolute atomic E-state index is 0.0916. The number of para-hydroxylation sites is 1. The summed E-state index contributed by atoms with van der Waals surface area (Å²) in [5.41, 5.74) is 0.0279. The Morgan fingerprint density at radius 3 is 2.67 bits per heavy atom. The summed E-state index contributed by atoms with van der Waals surface area (Å²) in [6.45, 7) is 0.173. The van der Waals surface area contributed by atoms with E-state index >= 15 is 0 Å². The molecule has 5 rings (SSSR count). The second-order valence-electron chi connectivity index (χ2n) is 8.23. The molecule has 5 aromatic rings. The Morgan fingerprint density at radius 1 is 1.06 bits per heavy atom. The maximum absolute atomic E-state index is 13.2. The van der Waals surface area contributed by atoms with Gasteiger partial charge in [-0.3, -0.25) is 14.9 Å². The molecule has 3 aromatic heterocycles. The van der Waals surface area contributed by atoms with Crippen LogP contribution in [0.5, 0.6) is 0 Å². The summed E-state index contributed by atoms with van der Waals surface area (Å²) in [7, 11) is 0. The van der Waals surface area contributed by atoms with E-state index in [1.807, 2.05) is 0 Å². The molecule has 0 unspecified atom stereocenters. The highest BCUT2D eigenvalue weighted by molar-refractivity contribution is 5.91. The van der Waals surface area contributed by atoms with Crippen LogP contribution in [0.15, 0.2) is 70.1 Å². The number of nitrogens with one attached hydrogen (secondary N) is 2. The van der Waals surface area contributed by atoms with Crippen molar-refractivity contribution in [3.05, 3.63) is 88.4 Å². The van der Waals surface area contributed by atoms with Gasteiger partial charge in [-0.1, -0.05) is 12.1 Å². The normalized spacial score (nSPS) is 11.9. The molecular weight excluding hydrogens is 475 g/mol. The molecule has 0 atom stereocenters. The molecule has 0 saturated heterocycles. The van der Waals surface area contributed by atoms with Gasteiger partial charge in [0.05, 0.1) is 40.3 Å². The quantitative estimate of drug-likeness (QED) is 0.334. The first kappa shape index (κ1) is 23.3. The first-order valence-corrected chi connectivity index (χ1v) is 11.2. The topological polar surface area (TPSA) is 106 Å². The van der Waals surface area contributed by atoms with E-state index in [4.69, 9.17) is 4.42 Å². The van der Waals surface area contributed by atoms with Gasteiger partial charge in [-0.15, -0.1) is 0 Å². The number of aromatic amines is 1. The average molecular weight is 495 g/mol. The van der Waals surface area contributed by atoms with Crippen molar-refractivity contribution < 1.29 is 22.4 Å². The number of amides is 1. The van der Waals surface area contributed by atoms with Crippen molar-refractivity contribution in [3.63, 3.8) is 0 Å². The Kier molecular flexibility index (Phi) is 6.05. The van der Waals surface area contributed by atoms with Crippen LogP contribution in [0.1, 0.15) is 30.0 Å². The molecule has 0 bridgehead atoms. The lowest BCUT2D eigenvalue weighted by Crippen LogP contribution is -2.17. The number of alkyl halides is 3. The molecule has 0 spiro atoms. The van der Waals surface area contributed by atoms with Crippen LogP contribution in [0.25, 0.3) is 21.9 Å². The van der Waals surface area contributed by atoms with Gasteiger partial charge in [0, 0.05) is 12.8 Å². The van der Waals surface area contributed by atoms with Crippen LogP contribution in [0.2, 0.25) is 0 Å². The fourth-order valence-electron chi connectivity index (χ4n) is 3.98. The zero-order chi connectivity index (χ0) is 25.3. The molecule has 0 fully saturated rings. The van der Waals surface area contributed by atoms with Crippen molar-refractivity contribution in [1.29, 1.82) is 0 Å². The van der Waals surface area contributed by atoms with Gasteiger partial charge in [0.15, 0.2) is 0 Å². The third kappa shape index (κ3) is 4.85. The van der Waals surface area contributed by atoms with E-state index in [0.717, 1.165) is 12.1 Å². The van der Waals surface area contributed by atoms with E-state index in [9.17, 15) is 22.8 Å². The summed E-state index contributed by atoms with van der Waals surface area (Å²) < 4.78 is 46.5. The molecule has 2 aromatic carbocycles. The fourth-order valence-corrected chi connectivity index (χ4v) is 3.98. The predicted octanol–water partition coefficient (Wildman–Crippen LogP) is 4.89. The lowest BCUT2D eigenvalue weighted by molar-refractivity contribution is -0.137. The third-order valence-corrected chi connectivity index (χ3v) is 5.70. The minimum atomic E-state index is -4.51. The Balaban J connectivity index is 1.33. The van der Waals surface area contributed by atoms with Crippen molar-refractivity contribution in [1.82, 2.24) is 19.5 Å². The standard InChI is InChI=1S/C25H20F3N5O3/c26-25(27,28)15-10-11-20-19(13-15)30-24(33(20)14-16-5-4-12-36-16)32-22(34)9-3-8-21-29-18-7-2-1-6-17(18)23(35)31-21/h1-2,4-7,10-13H,3,8-9,14H2,(H,29,31,35)(H,30,32,34). The first-order valence-electron chi connectivity index (χ1n) is 11.2. The number of aryl methyl sites for hydroxylation is 1. The largest absolute Gasteiger partial charge is 0.467 e. The van der Waals surface area contributed by atoms with Crippen molar-refractivity contribution in [2.75, 3.05) is 5.32 Å². The van der Waals surface area contributed by atoms with Crippen molar-refractivity contribution in [3.8, 4) is 0 Å². The van der Waals surface area contributed by atoms with Crippen LogP contribution in [-0.4, -0.2) is 25.4 Å². The molecule has 0 aliphatic carbocycles. The number of aromatic nitrogens is 4. The number of H-pyrrole nitrogens is 1. The predicted molar refractivity (Wildman–Crippen MR) is 126 cm³/mol. The summed E-state index contributed by atoms with van der Waals surface area (Å²) in [6.07, 6.45) is -2.18. The van der Waals surface area contributed by atoms with Crippen LogP contribution in [0.3, 0.4) is 0 Å². The summed E-state index contributed by atoms with van der Waals surface area (Å²) in [5, 5.41) is 3.18. The number of nitrogens with zero attached hydrogens (tertiary/aromatic N) is 3. The number of hydrogen-bond acceptors (Lipinski definition) is 5. The van der Waals surface area contributed by atoms with Gasteiger partial charge in [-0.25, -0.2) is 9.97 Å². The van der Waals surface area contributed by atoms with Gasteiger partial charge in [-0.2, -0.15) is 13.2 Å². The zero-order valence-electron chi connectivity index (χ0n) is 18.8.